The molecule has 1 rings (SSSR count). The molecule has 1 aromatic rings. The van der Waals surface area contributed by atoms with E-state index in [4.69, 9.17) is 10.6 Å². The van der Waals surface area contributed by atoms with Crippen LogP contribution in [0.2, 0.25) is 0 Å². The number of carbonyl (C=O) groups is 1. The van der Waals surface area contributed by atoms with Crippen LogP contribution in [0.5, 0.6) is 5.75 Å². The molecule has 74 valence electrons. The fourth-order valence-corrected chi connectivity index (χ4v) is 1.02. The highest BCUT2D eigenvalue weighted by Crippen LogP contribution is 2.18. The number of ether oxygens (including phenoxy) is 1. The molecule has 0 aromatic heterocycles. The first-order chi connectivity index (χ1) is 6.77. The maximum Gasteiger partial charge on any atom is 0.257 e. The summed E-state index contributed by atoms with van der Waals surface area (Å²) in [7, 11) is 1.58. The number of hydrogen-bond donors (Lipinski definition) is 2. The highest BCUT2D eigenvalue weighted by Gasteiger charge is 1.97. The number of para-hydroxylation sites is 1. The Morgan fingerprint density at radius 2 is 2.21 bits per heavy atom. The lowest BCUT2D eigenvalue weighted by Gasteiger charge is -2.02. The molecule has 0 heterocycles. The van der Waals surface area contributed by atoms with Crippen molar-refractivity contribution in [3.8, 4) is 5.75 Å². The van der Waals surface area contributed by atoms with Crippen molar-refractivity contribution >= 4 is 12.0 Å². The molecule has 0 aliphatic rings. The summed E-state index contributed by atoms with van der Waals surface area (Å²) >= 11 is 0. The maximum atomic E-state index is 10.8. The molecule has 0 fully saturated rings. The molecule has 14 heavy (non-hydrogen) atoms. The largest absolute Gasteiger partial charge is 0.496 e. The van der Waals surface area contributed by atoms with E-state index in [1.165, 1.54) is 6.08 Å². The van der Waals surface area contributed by atoms with Crippen molar-refractivity contribution in [3.63, 3.8) is 0 Å². The lowest BCUT2D eigenvalue weighted by molar-refractivity contribution is -0.116. The Morgan fingerprint density at radius 3 is 2.86 bits per heavy atom. The van der Waals surface area contributed by atoms with E-state index in [9.17, 15) is 4.79 Å². The minimum atomic E-state index is -0.351. The zero-order valence-corrected chi connectivity index (χ0v) is 7.86. The first-order valence-electron chi connectivity index (χ1n) is 4.09. The summed E-state index contributed by atoms with van der Waals surface area (Å²) in [6.45, 7) is 0. The molecular weight excluding hydrogens is 180 g/mol. The highest BCUT2D eigenvalue weighted by molar-refractivity contribution is 5.91. The van der Waals surface area contributed by atoms with Gasteiger partial charge in [0.15, 0.2) is 0 Å². The molecule has 4 nitrogen and oxygen atoms in total. The van der Waals surface area contributed by atoms with Crippen LogP contribution in [0.25, 0.3) is 6.08 Å². The Kier molecular flexibility index (Phi) is 3.69. The Morgan fingerprint density at radius 1 is 1.50 bits per heavy atom. The number of nitrogens with one attached hydrogen (secondary N) is 1. The Balaban J connectivity index is 2.85. The molecule has 0 aliphatic carbocycles. The molecule has 0 saturated carbocycles. The molecule has 0 spiro atoms. The molecular formula is C10H12N2O2. The van der Waals surface area contributed by atoms with E-state index in [-0.39, 0.29) is 5.91 Å². The van der Waals surface area contributed by atoms with E-state index in [0.29, 0.717) is 5.75 Å². The average molecular weight is 192 g/mol. The molecule has 0 unspecified atom stereocenters. The van der Waals surface area contributed by atoms with Crippen molar-refractivity contribution in [1.82, 2.24) is 5.43 Å². The average Bonchev–Trinajstić information content (AvgIpc) is 2.26. The first kappa shape index (κ1) is 10.3. The number of methoxy groups -OCH3 is 1. The van der Waals surface area contributed by atoms with Crippen molar-refractivity contribution < 1.29 is 9.53 Å². The van der Waals surface area contributed by atoms with Crippen LogP contribution >= 0.6 is 0 Å². The van der Waals surface area contributed by atoms with Crippen molar-refractivity contribution in [2.45, 2.75) is 0 Å². The maximum absolute atomic E-state index is 10.8. The van der Waals surface area contributed by atoms with Gasteiger partial charge in [-0.15, -0.1) is 0 Å². The van der Waals surface area contributed by atoms with Crippen LogP contribution in [0.15, 0.2) is 30.3 Å². The number of carbonyl (C=O) groups excluding carboxylic acids is 1. The second-order valence-corrected chi connectivity index (χ2v) is 2.58. The Bertz CT molecular complexity index is 348. The normalized spacial score (nSPS) is 10.1. The first-order valence-corrected chi connectivity index (χ1v) is 4.09. The zero-order chi connectivity index (χ0) is 10.4. The summed E-state index contributed by atoms with van der Waals surface area (Å²) in [6.07, 6.45) is 2.98. The number of hydrazine groups is 1. The molecule has 1 amide bonds. The summed E-state index contributed by atoms with van der Waals surface area (Å²) in [5.74, 6) is 5.29. The number of amides is 1. The van der Waals surface area contributed by atoms with E-state index in [1.54, 1.807) is 13.2 Å². The number of hydrogen-bond acceptors (Lipinski definition) is 3. The van der Waals surface area contributed by atoms with Gasteiger partial charge in [-0.25, -0.2) is 5.84 Å². The molecule has 0 radical (unpaired) electrons. The van der Waals surface area contributed by atoms with Crippen LogP contribution in [-0.2, 0) is 4.79 Å². The van der Waals surface area contributed by atoms with Gasteiger partial charge in [-0.2, -0.15) is 0 Å². The third-order valence-electron chi connectivity index (χ3n) is 1.70. The van der Waals surface area contributed by atoms with Crippen LogP contribution in [0.3, 0.4) is 0 Å². The highest BCUT2D eigenvalue weighted by atomic mass is 16.5. The molecule has 0 aliphatic heterocycles. The summed E-state index contributed by atoms with van der Waals surface area (Å²) in [6, 6.07) is 7.39. The quantitative estimate of drug-likeness (QED) is 0.320. The van der Waals surface area contributed by atoms with Crippen molar-refractivity contribution in [2.75, 3.05) is 7.11 Å². The lowest BCUT2D eigenvalue weighted by atomic mass is 10.2. The van der Waals surface area contributed by atoms with E-state index in [0.717, 1.165) is 5.56 Å². The molecule has 0 bridgehead atoms. The minimum absolute atomic E-state index is 0.351. The van der Waals surface area contributed by atoms with Gasteiger partial charge in [0.2, 0.25) is 0 Å². The molecule has 1 aromatic carbocycles. The summed E-state index contributed by atoms with van der Waals surface area (Å²) in [4.78, 5) is 10.8. The summed E-state index contributed by atoms with van der Waals surface area (Å²) in [5, 5.41) is 0. The van der Waals surface area contributed by atoms with Crippen LogP contribution < -0.4 is 16.0 Å². The van der Waals surface area contributed by atoms with E-state index < -0.39 is 0 Å². The standard InChI is InChI=1S/C10H12N2O2/c1-14-9-5-3-2-4-8(9)6-7-10(13)12-11/h2-7H,11H2,1H3,(H,12,13). The third kappa shape index (κ3) is 2.60. The predicted octanol–water partition coefficient (Wildman–Crippen LogP) is 0.698. The second kappa shape index (κ2) is 5.04. The zero-order valence-electron chi connectivity index (χ0n) is 7.86. The van der Waals surface area contributed by atoms with Crippen molar-refractivity contribution in [3.05, 3.63) is 35.9 Å². The van der Waals surface area contributed by atoms with Gasteiger partial charge < -0.3 is 4.74 Å². The monoisotopic (exact) mass is 192 g/mol. The fourth-order valence-electron chi connectivity index (χ4n) is 1.02. The number of nitrogens with two attached hydrogens (primary N) is 1. The van der Waals surface area contributed by atoms with Gasteiger partial charge in [-0.05, 0) is 12.1 Å². The van der Waals surface area contributed by atoms with Gasteiger partial charge >= 0.3 is 0 Å². The fraction of sp³-hybridized carbons (Fsp3) is 0.100. The number of rotatable bonds is 3. The van der Waals surface area contributed by atoms with Crippen molar-refractivity contribution in [2.24, 2.45) is 5.84 Å². The Labute approximate surface area is 82.3 Å². The third-order valence-corrected chi connectivity index (χ3v) is 1.70. The molecule has 4 heteroatoms. The summed E-state index contributed by atoms with van der Waals surface area (Å²) in [5.41, 5.74) is 2.84. The van der Waals surface area contributed by atoms with Crippen LogP contribution in [0.4, 0.5) is 0 Å². The lowest BCUT2D eigenvalue weighted by Crippen LogP contribution is -2.27. The molecule has 0 atom stereocenters. The van der Waals surface area contributed by atoms with Crippen molar-refractivity contribution in [1.29, 1.82) is 0 Å². The molecule has 3 N–H and O–H groups in total. The topological polar surface area (TPSA) is 64.3 Å². The predicted molar refractivity (Wildman–Crippen MR) is 54.4 cm³/mol. The van der Waals surface area contributed by atoms with Gasteiger partial charge in [-0.1, -0.05) is 18.2 Å². The number of benzene rings is 1. The Hall–Kier alpha value is -1.81. The van der Waals surface area contributed by atoms with E-state index >= 15 is 0 Å². The molecule has 0 saturated heterocycles. The van der Waals surface area contributed by atoms with Crippen LogP contribution in [0.1, 0.15) is 5.56 Å². The van der Waals surface area contributed by atoms with Crippen LogP contribution in [-0.4, -0.2) is 13.0 Å². The second-order valence-electron chi connectivity index (χ2n) is 2.58. The smallest absolute Gasteiger partial charge is 0.257 e. The van der Waals surface area contributed by atoms with Crippen LogP contribution in [0, 0.1) is 0 Å². The van der Waals surface area contributed by atoms with Gasteiger partial charge in [0.25, 0.3) is 5.91 Å². The van der Waals surface area contributed by atoms with E-state index in [2.05, 4.69) is 0 Å². The van der Waals surface area contributed by atoms with Gasteiger partial charge in [0.05, 0.1) is 7.11 Å². The van der Waals surface area contributed by atoms with Gasteiger partial charge in [0.1, 0.15) is 5.75 Å². The SMILES string of the molecule is COc1ccccc1C=CC(=O)NN. The summed E-state index contributed by atoms with van der Waals surface area (Å²) < 4.78 is 5.10. The van der Waals surface area contributed by atoms with E-state index in [1.807, 2.05) is 29.7 Å². The van der Waals surface area contributed by atoms with Gasteiger partial charge in [0, 0.05) is 11.6 Å². The van der Waals surface area contributed by atoms with Gasteiger partial charge in [-0.3, -0.25) is 10.2 Å². The minimum Gasteiger partial charge on any atom is -0.496 e.